The van der Waals surface area contributed by atoms with E-state index < -0.39 is 32.8 Å². The summed E-state index contributed by atoms with van der Waals surface area (Å²) in [7, 11) is -3.66. The van der Waals surface area contributed by atoms with Crippen molar-refractivity contribution in [3.63, 3.8) is 0 Å². The van der Waals surface area contributed by atoms with Crippen molar-refractivity contribution in [1.29, 1.82) is 0 Å². The number of benzene rings is 2. The zero-order valence-corrected chi connectivity index (χ0v) is 15.8. The zero-order valence-electron chi connectivity index (χ0n) is 15.0. The van der Waals surface area contributed by atoms with Gasteiger partial charge in [-0.2, -0.15) is 0 Å². The molecule has 0 aliphatic carbocycles. The van der Waals surface area contributed by atoms with Gasteiger partial charge in [0.15, 0.2) is 0 Å². The number of nitrogens with zero attached hydrogens (tertiary/aromatic N) is 2. The van der Waals surface area contributed by atoms with Gasteiger partial charge in [0, 0.05) is 12.0 Å². The van der Waals surface area contributed by atoms with E-state index in [9.17, 15) is 17.6 Å². The molecule has 7 nitrogen and oxygen atoms in total. The molecular formula is C19H18FN3O4S. The smallest absolute Gasteiger partial charge is 0.335 e. The highest BCUT2D eigenvalue weighted by Gasteiger charge is 2.26. The largest absolute Gasteiger partial charge is 0.410 e. The minimum atomic E-state index is -3.66. The first kappa shape index (κ1) is 19.7. The SMILES string of the molecule is CCS(=O)(=O)c1nnc([C@H](Cc2ccccc2)NC(=O)c2ccc(F)cc2)o1. The van der Waals surface area contributed by atoms with Crippen molar-refractivity contribution in [3.05, 3.63) is 77.4 Å². The second kappa shape index (κ2) is 8.30. The molecule has 0 radical (unpaired) electrons. The van der Waals surface area contributed by atoms with Gasteiger partial charge in [-0.1, -0.05) is 42.4 Å². The molecule has 1 atom stereocenters. The van der Waals surface area contributed by atoms with Crippen LogP contribution in [-0.2, 0) is 16.3 Å². The van der Waals surface area contributed by atoms with E-state index in [1.807, 2.05) is 30.3 Å². The van der Waals surface area contributed by atoms with E-state index in [4.69, 9.17) is 4.42 Å². The molecule has 1 aromatic heterocycles. The van der Waals surface area contributed by atoms with Crippen molar-refractivity contribution in [2.45, 2.75) is 24.6 Å². The number of halogens is 1. The number of nitrogens with one attached hydrogen (secondary N) is 1. The van der Waals surface area contributed by atoms with E-state index >= 15 is 0 Å². The molecule has 0 saturated heterocycles. The Kier molecular flexibility index (Phi) is 5.84. The third kappa shape index (κ3) is 4.61. The van der Waals surface area contributed by atoms with Gasteiger partial charge in [0.25, 0.3) is 5.91 Å². The summed E-state index contributed by atoms with van der Waals surface area (Å²) in [4.78, 5) is 12.5. The first-order chi connectivity index (χ1) is 13.4. The third-order valence-corrected chi connectivity index (χ3v) is 5.52. The van der Waals surface area contributed by atoms with Gasteiger partial charge in [0.05, 0.1) is 5.75 Å². The van der Waals surface area contributed by atoms with Crippen LogP contribution in [0.1, 0.15) is 34.8 Å². The molecule has 9 heteroatoms. The molecule has 0 aliphatic rings. The topological polar surface area (TPSA) is 102 Å². The summed E-state index contributed by atoms with van der Waals surface area (Å²) in [5.74, 6) is -1.13. The lowest BCUT2D eigenvalue weighted by Crippen LogP contribution is -2.30. The Bertz CT molecular complexity index is 1050. The van der Waals surface area contributed by atoms with Crippen LogP contribution in [0.4, 0.5) is 4.39 Å². The number of amides is 1. The molecule has 0 aliphatic heterocycles. The summed E-state index contributed by atoms with van der Waals surface area (Å²) in [6.45, 7) is 1.47. The highest BCUT2D eigenvalue weighted by atomic mass is 32.2. The van der Waals surface area contributed by atoms with Crippen LogP contribution in [0, 0.1) is 5.82 Å². The molecule has 0 bridgehead atoms. The van der Waals surface area contributed by atoms with Crippen LogP contribution in [0.25, 0.3) is 0 Å². The highest BCUT2D eigenvalue weighted by molar-refractivity contribution is 7.91. The van der Waals surface area contributed by atoms with Crippen molar-refractivity contribution in [3.8, 4) is 0 Å². The fourth-order valence-electron chi connectivity index (χ4n) is 2.50. The normalized spacial score (nSPS) is 12.5. The van der Waals surface area contributed by atoms with Gasteiger partial charge in [-0.3, -0.25) is 4.79 Å². The van der Waals surface area contributed by atoms with E-state index in [2.05, 4.69) is 15.5 Å². The van der Waals surface area contributed by atoms with Crippen LogP contribution in [0.15, 0.2) is 64.2 Å². The van der Waals surface area contributed by atoms with E-state index in [0.717, 1.165) is 5.56 Å². The molecule has 3 aromatic rings. The number of sulfone groups is 1. The molecule has 1 N–H and O–H groups in total. The van der Waals surface area contributed by atoms with Gasteiger partial charge in [0.1, 0.15) is 11.9 Å². The summed E-state index contributed by atoms with van der Waals surface area (Å²) in [5.41, 5.74) is 1.13. The molecule has 0 unspecified atom stereocenters. The average molecular weight is 403 g/mol. The van der Waals surface area contributed by atoms with Crippen molar-refractivity contribution in [1.82, 2.24) is 15.5 Å². The standard InChI is InChI=1S/C19H18FN3O4S/c1-2-28(25,26)19-23-22-18(27-19)16(12-13-6-4-3-5-7-13)21-17(24)14-8-10-15(20)11-9-14/h3-11,16H,2,12H2,1H3,(H,21,24)/t16-/m0/s1. The first-order valence-corrected chi connectivity index (χ1v) is 10.2. The second-order valence-corrected chi connectivity index (χ2v) is 8.19. The quantitative estimate of drug-likeness (QED) is 0.651. The van der Waals surface area contributed by atoms with Crippen molar-refractivity contribution < 1.29 is 22.0 Å². The zero-order chi connectivity index (χ0) is 20.1. The molecule has 0 spiro atoms. The van der Waals surface area contributed by atoms with E-state index in [-0.39, 0.29) is 17.2 Å². The summed E-state index contributed by atoms with van der Waals surface area (Å²) in [6, 6.07) is 13.6. The Morgan fingerprint density at radius 2 is 1.79 bits per heavy atom. The van der Waals surface area contributed by atoms with Gasteiger partial charge >= 0.3 is 5.22 Å². The van der Waals surface area contributed by atoms with Gasteiger partial charge in [0.2, 0.25) is 15.7 Å². The predicted octanol–water partition coefficient (Wildman–Crippen LogP) is 2.72. The molecular weight excluding hydrogens is 385 g/mol. The monoisotopic (exact) mass is 403 g/mol. The number of aromatic nitrogens is 2. The van der Waals surface area contributed by atoms with E-state index in [0.29, 0.717) is 6.42 Å². The molecule has 146 valence electrons. The molecule has 3 rings (SSSR count). The molecule has 0 fully saturated rings. The summed E-state index contributed by atoms with van der Waals surface area (Å²) in [6.07, 6.45) is 0.307. The molecule has 1 amide bonds. The number of rotatable bonds is 7. The number of carbonyl (C=O) groups excluding carboxylic acids is 1. The summed E-state index contributed by atoms with van der Waals surface area (Å²) >= 11 is 0. The maximum Gasteiger partial charge on any atom is 0.335 e. The molecule has 0 saturated carbocycles. The average Bonchev–Trinajstić information content (AvgIpc) is 3.20. The minimum Gasteiger partial charge on any atom is -0.410 e. The van der Waals surface area contributed by atoms with E-state index in [1.165, 1.54) is 31.2 Å². The third-order valence-electron chi connectivity index (χ3n) is 4.06. The van der Waals surface area contributed by atoms with Crippen LogP contribution in [0.3, 0.4) is 0 Å². The summed E-state index contributed by atoms with van der Waals surface area (Å²) < 4.78 is 42.3. The van der Waals surface area contributed by atoms with Crippen molar-refractivity contribution in [2.75, 3.05) is 5.75 Å². The highest BCUT2D eigenvalue weighted by Crippen LogP contribution is 2.20. The number of hydrogen-bond acceptors (Lipinski definition) is 6. The Balaban J connectivity index is 1.89. The fourth-order valence-corrected chi connectivity index (χ4v) is 3.13. The van der Waals surface area contributed by atoms with Crippen LogP contribution >= 0.6 is 0 Å². The Morgan fingerprint density at radius 3 is 2.43 bits per heavy atom. The van der Waals surface area contributed by atoms with Crippen LogP contribution in [0.2, 0.25) is 0 Å². The molecule has 2 aromatic carbocycles. The first-order valence-electron chi connectivity index (χ1n) is 8.55. The summed E-state index contributed by atoms with van der Waals surface area (Å²) in [5, 5.41) is 9.69. The molecule has 1 heterocycles. The van der Waals surface area contributed by atoms with Crippen LogP contribution in [0.5, 0.6) is 0 Å². The Labute approximate surface area is 161 Å². The number of hydrogen-bond donors (Lipinski definition) is 1. The second-order valence-electron chi connectivity index (χ2n) is 6.03. The van der Waals surface area contributed by atoms with Crippen molar-refractivity contribution in [2.24, 2.45) is 0 Å². The predicted molar refractivity (Wildman–Crippen MR) is 98.8 cm³/mol. The van der Waals surface area contributed by atoms with Gasteiger partial charge < -0.3 is 9.73 Å². The van der Waals surface area contributed by atoms with Crippen LogP contribution < -0.4 is 5.32 Å². The van der Waals surface area contributed by atoms with E-state index in [1.54, 1.807) is 0 Å². The Morgan fingerprint density at radius 1 is 1.11 bits per heavy atom. The maximum atomic E-state index is 13.1. The fraction of sp³-hybridized carbons (Fsp3) is 0.211. The van der Waals surface area contributed by atoms with Crippen LogP contribution in [-0.4, -0.2) is 30.3 Å². The van der Waals surface area contributed by atoms with Crippen molar-refractivity contribution >= 4 is 15.7 Å². The van der Waals surface area contributed by atoms with Gasteiger partial charge in [-0.05, 0) is 29.8 Å². The van der Waals surface area contributed by atoms with Gasteiger partial charge in [-0.15, -0.1) is 5.10 Å². The minimum absolute atomic E-state index is 0.0219. The maximum absolute atomic E-state index is 13.1. The lowest BCUT2D eigenvalue weighted by atomic mass is 10.1. The lowest BCUT2D eigenvalue weighted by Gasteiger charge is -2.15. The van der Waals surface area contributed by atoms with Gasteiger partial charge in [-0.25, -0.2) is 12.8 Å². The Hall–Kier alpha value is -3.07. The molecule has 28 heavy (non-hydrogen) atoms. The lowest BCUT2D eigenvalue weighted by molar-refractivity contribution is 0.0929. The number of carbonyl (C=O) groups is 1.